The van der Waals surface area contributed by atoms with Crippen molar-refractivity contribution in [2.75, 3.05) is 25.1 Å². The van der Waals surface area contributed by atoms with Crippen LogP contribution in [-0.2, 0) is 9.59 Å². The molecule has 9 nitrogen and oxygen atoms in total. The zero-order valence-corrected chi connectivity index (χ0v) is 24.3. The van der Waals surface area contributed by atoms with Gasteiger partial charge in [0.1, 0.15) is 23.8 Å². The predicted molar refractivity (Wildman–Crippen MR) is 160 cm³/mol. The first kappa shape index (κ1) is 28.7. The molecule has 2 amide bonds. The van der Waals surface area contributed by atoms with Crippen LogP contribution in [0, 0.1) is 6.92 Å². The van der Waals surface area contributed by atoms with E-state index in [1.54, 1.807) is 25.1 Å². The van der Waals surface area contributed by atoms with E-state index < -0.39 is 17.9 Å². The smallest absolute Gasteiger partial charge is 0.262 e. The van der Waals surface area contributed by atoms with Gasteiger partial charge in [-0.1, -0.05) is 36.8 Å². The lowest BCUT2D eigenvalue weighted by Crippen LogP contribution is -2.44. The number of nitrogens with zero attached hydrogens (tertiary/aromatic N) is 4. The Hall–Kier alpha value is -4.79. The van der Waals surface area contributed by atoms with Gasteiger partial charge in [0.25, 0.3) is 11.8 Å². The number of aromatic nitrogens is 2. The average molecular weight is 567 g/mol. The van der Waals surface area contributed by atoms with Crippen LogP contribution in [-0.4, -0.2) is 63.9 Å². The number of ketones is 2. The zero-order chi connectivity index (χ0) is 30.0. The highest BCUT2D eigenvalue weighted by atomic mass is 16.5. The molecule has 4 aromatic rings. The van der Waals surface area contributed by atoms with E-state index >= 15 is 0 Å². The molecule has 1 aliphatic rings. The molecule has 0 radical (unpaired) electrons. The van der Waals surface area contributed by atoms with E-state index in [2.05, 4.69) is 36.1 Å². The SMILES string of the molecule is CCC(=O)CCC(C(C)=O)N1C(=O)c2ccc(OCCN(C)c3ccn4cc(-c5ccc(C)cc5)nc4c3)cc2C1=O. The summed E-state index contributed by atoms with van der Waals surface area (Å²) in [5.74, 6) is -0.953. The van der Waals surface area contributed by atoms with Crippen molar-refractivity contribution < 1.29 is 23.9 Å². The number of anilines is 1. The van der Waals surface area contributed by atoms with Crippen molar-refractivity contribution in [3.63, 3.8) is 0 Å². The largest absolute Gasteiger partial charge is 0.492 e. The maximum atomic E-state index is 13.2. The van der Waals surface area contributed by atoms with E-state index in [0.29, 0.717) is 25.3 Å². The third-order valence-corrected chi connectivity index (χ3v) is 7.69. The lowest BCUT2D eigenvalue weighted by atomic mass is 10.0. The van der Waals surface area contributed by atoms with Gasteiger partial charge in [0.2, 0.25) is 0 Å². The number of amides is 2. The highest BCUT2D eigenvalue weighted by molar-refractivity contribution is 6.23. The fourth-order valence-electron chi connectivity index (χ4n) is 5.10. The predicted octanol–water partition coefficient (Wildman–Crippen LogP) is 5.14. The number of rotatable bonds is 12. The Morgan fingerprint density at radius 3 is 2.45 bits per heavy atom. The van der Waals surface area contributed by atoms with Crippen molar-refractivity contribution in [2.45, 2.75) is 46.1 Å². The topological polar surface area (TPSA) is 101 Å². The molecule has 9 heteroatoms. The fraction of sp³-hybridized carbons (Fsp3) is 0.303. The summed E-state index contributed by atoms with van der Waals surface area (Å²) >= 11 is 0. The molecule has 0 saturated carbocycles. The molecule has 0 N–H and O–H groups in total. The molecule has 0 aliphatic carbocycles. The number of hydrogen-bond acceptors (Lipinski definition) is 7. The minimum Gasteiger partial charge on any atom is -0.492 e. The monoisotopic (exact) mass is 566 g/mol. The second kappa shape index (κ2) is 12.0. The van der Waals surface area contributed by atoms with Crippen LogP contribution in [0.1, 0.15) is 59.4 Å². The normalized spacial score (nSPS) is 13.4. The van der Waals surface area contributed by atoms with E-state index in [1.165, 1.54) is 12.5 Å². The van der Waals surface area contributed by atoms with Crippen LogP contribution in [0.2, 0.25) is 0 Å². The molecule has 216 valence electrons. The molecule has 0 bridgehead atoms. The number of aryl methyl sites for hydroxylation is 1. The summed E-state index contributed by atoms with van der Waals surface area (Å²) in [6.45, 7) is 6.04. The number of benzene rings is 2. The van der Waals surface area contributed by atoms with Gasteiger partial charge in [-0.2, -0.15) is 0 Å². The van der Waals surface area contributed by atoms with Crippen molar-refractivity contribution in [2.24, 2.45) is 0 Å². The van der Waals surface area contributed by atoms with Gasteiger partial charge in [-0.3, -0.25) is 24.1 Å². The molecule has 1 aliphatic heterocycles. The Kier molecular flexibility index (Phi) is 8.20. The quantitative estimate of drug-likeness (QED) is 0.219. The number of carbonyl (C=O) groups is 4. The van der Waals surface area contributed by atoms with Gasteiger partial charge < -0.3 is 14.0 Å². The molecule has 42 heavy (non-hydrogen) atoms. The fourth-order valence-corrected chi connectivity index (χ4v) is 5.10. The summed E-state index contributed by atoms with van der Waals surface area (Å²) in [4.78, 5) is 58.2. The van der Waals surface area contributed by atoms with Crippen LogP contribution in [0.25, 0.3) is 16.9 Å². The molecule has 0 spiro atoms. The maximum Gasteiger partial charge on any atom is 0.262 e. The molecule has 0 fully saturated rings. The third kappa shape index (κ3) is 5.81. The Bertz CT molecular complexity index is 1670. The number of imidazole rings is 1. The van der Waals surface area contributed by atoms with Crippen molar-refractivity contribution >= 4 is 34.7 Å². The van der Waals surface area contributed by atoms with Crippen molar-refractivity contribution in [1.82, 2.24) is 14.3 Å². The van der Waals surface area contributed by atoms with Crippen LogP contribution >= 0.6 is 0 Å². The summed E-state index contributed by atoms with van der Waals surface area (Å²) in [5, 5.41) is 0. The number of likely N-dealkylation sites (N-methyl/N-ethyl adjacent to an activating group) is 1. The van der Waals surface area contributed by atoms with Gasteiger partial charge in [-0.05, 0) is 44.5 Å². The lowest BCUT2D eigenvalue weighted by molar-refractivity contribution is -0.122. The Morgan fingerprint density at radius 2 is 1.74 bits per heavy atom. The van der Waals surface area contributed by atoms with Gasteiger partial charge in [0.15, 0.2) is 5.78 Å². The number of fused-ring (bicyclic) bond motifs is 2. The van der Waals surface area contributed by atoms with E-state index in [0.717, 1.165) is 27.5 Å². The summed E-state index contributed by atoms with van der Waals surface area (Å²) in [6.07, 6.45) is 4.60. The number of hydrogen-bond donors (Lipinski definition) is 0. The average Bonchev–Trinajstić information content (AvgIpc) is 3.51. The van der Waals surface area contributed by atoms with E-state index in [9.17, 15) is 19.2 Å². The van der Waals surface area contributed by atoms with Crippen LogP contribution in [0.5, 0.6) is 5.75 Å². The van der Waals surface area contributed by atoms with E-state index in [1.807, 2.05) is 36.0 Å². The molecule has 1 unspecified atom stereocenters. The third-order valence-electron chi connectivity index (χ3n) is 7.69. The number of imide groups is 1. The highest BCUT2D eigenvalue weighted by Gasteiger charge is 2.41. The summed E-state index contributed by atoms with van der Waals surface area (Å²) in [5.41, 5.74) is 5.43. The summed E-state index contributed by atoms with van der Waals surface area (Å²) in [6, 6.07) is 16.1. The van der Waals surface area contributed by atoms with Crippen molar-refractivity contribution in [3.05, 3.63) is 83.7 Å². The number of ether oxygens (including phenoxy) is 1. The van der Waals surface area contributed by atoms with E-state index in [-0.39, 0.29) is 35.5 Å². The maximum absolute atomic E-state index is 13.2. The second-order valence-electron chi connectivity index (χ2n) is 10.7. The van der Waals surface area contributed by atoms with E-state index in [4.69, 9.17) is 9.72 Å². The molecule has 1 atom stereocenters. The number of pyridine rings is 1. The van der Waals surface area contributed by atoms with Crippen molar-refractivity contribution in [1.29, 1.82) is 0 Å². The standard InChI is InChI=1S/C33H34N4O5/c1-5-25(39)10-13-30(22(3)38)37-32(40)27-12-11-26(19-28(27)33(37)41)42-17-16-35(4)24-14-15-36-20-29(34-31(36)18-24)23-8-6-21(2)7-9-23/h6-9,11-12,14-15,18-20,30H,5,10,13,16-17H2,1-4H3. The first-order valence-corrected chi connectivity index (χ1v) is 14.1. The van der Waals surface area contributed by atoms with Gasteiger partial charge in [-0.15, -0.1) is 0 Å². The molecular formula is C33H34N4O5. The van der Waals surface area contributed by atoms with Gasteiger partial charge in [0, 0.05) is 49.6 Å². The summed E-state index contributed by atoms with van der Waals surface area (Å²) < 4.78 is 7.94. The highest BCUT2D eigenvalue weighted by Crippen LogP contribution is 2.30. The van der Waals surface area contributed by atoms with Gasteiger partial charge in [-0.25, -0.2) is 4.98 Å². The molecule has 2 aromatic heterocycles. The Balaban J connectivity index is 1.22. The van der Waals surface area contributed by atoms with Crippen molar-refractivity contribution in [3.8, 4) is 17.0 Å². The summed E-state index contributed by atoms with van der Waals surface area (Å²) in [7, 11) is 1.97. The Morgan fingerprint density at radius 1 is 1.00 bits per heavy atom. The minimum atomic E-state index is -0.966. The lowest BCUT2D eigenvalue weighted by Gasteiger charge is -2.23. The first-order chi connectivity index (χ1) is 20.2. The van der Waals surface area contributed by atoms with Crippen LogP contribution in [0.3, 0.4) is 0 Å². The first-order valence-electron chi connectivity index (χ1n) is 14.1. The molecule has 2 aromatic carbocycles. The molecule has 3 heterocycles. The van der Waals surface area contributed by atoms with Crippen LogP contribution in [0.4, 0.5) is 5.69 Å². The number of carbonyl (C=O) groups excluding carboxylic acids is 4. The number of Topliss-reactive ketones (excluding diaryl/α,β-unsaturated/α-hetero) is 2. The second-order valence-corrected chi connectivity index (χ2v) is 10.7. The van der Waals surface area contributed by atoms with Gasteiger partial charge >= 0.3 is 0 Å². The zero-order valence-electron chi connectivity index (χ0n) is 24.3. The molecule has 0 saturated heterocycles. The van der Waals surface area contributed by atoms with Gasteiger partial charge in [0.05, 0.1) is 29.4 Å². The minimum absolute atomic E-state index is 0.0183. The molecule has 5 rings (SSSR count). The molecular weight excluding hydrogens is 532 g/mol. The van der Waals surface area contributed by atoms with Crippen LogP contribution < -0.4 is 9.64 Å². The van der Waals surface area contributed by atoms with Crippen LogP contribution in [0.15, 0.2) is 67.0 Å². The Labute approximate surface area is 244 Å².